The van der Waals surface area contributed by atoms with E-state index in [1.54, 1.807) is 0 Å². The molecule has 2 fully saturated rings. The molecule has 2 bridgehead atoms. The van der Waals surface area contributed by atoms with Crippen LogP contribution >= 0.6 is 0 Å². The van der Waals surface area contributed by atoms with Crippen molar-refractivity contribution >= 4 is 0 Å². The van der Waals surface area contributed by atoms with Crippen LogP contribution in [0.25, 0.3) is 0 Å². The third-order valence-electron chi connectivity index (χ3n) is 4.06. The Kier molecular flexibility index (Phi) is 4.21. The normalized spacial score (nSPS) is 27.0. The van der Waals surface area contributed by atoms with Gasteiger partial charge in [0.15, 0.2) is 0 Å². The Morgan fingerprint density at radius 3 is 2.84 bits per heavy atom. The van der Waals surface area contributed by atoms with Crippen molar-refractivity contribution in [2.75, 3.05) is 19.6 Å². The van der Waals surface area contributed by atoms with Crippen LogP contribution in [0.2, 0.25) is 0 Å². The molecule has 2 aliphatic heterocycles. The topological polar surface area (TPSA) is 37.6 Å². The number of morpholine rings is 1. The second kappa shape index (κ2) is 6.07. The lowest BCUT2D eigenvalue weighted by atomic mass is 10.2. The molecule has 2 saturated heterocycles. The highest BCUT2D eigenvalue weighted by atomic mass is 16.5. The number of hydrogen-bond acceptors (Lipinski definition) is 4. The summed E-state index contributed by atoms with van der Waals surface area (Å²) in [5.74, 6) is 1.09. The van der Waals surface area contributed by atoms with E-state index in [9.17, 15) is 0 Å². The fraction of sp³-hybridized carbons (Fsp3) is 0.733. The van der Waals surface area contributed by atoms with E-state index in [-0.39, 0.29) is 0 Å². The average molecular weight is 264 g/mol. The molecular weight excluding hydrogens is 240 g/mol. The predicted molar refractivity (Wildman–Crippen MR) is 73.9 cm³/mol. The van der Waals surface area contributed by atoms with Gasteiger partial charge in [0, 0.05) is 25.2 Å². The van der Waals surface area contributed by atoms with Crippen LogP contribution in [0.1, 0.15) is 37.5 Å². The van der Waals surface area contributed by atoms with Gasteiger partial charge in [-0.3, -0.25) is 4.90 Å². The lowest BCUT2D eigenvalue weighted by Gasteiger charge is -2.31. The lowest BCUT2D eigenvalue weighted by molar-refractivity contribution is -0.0411. The first-order chi connectivity index (χ1) is 9.35. The van der Waals surface area contributed by atoms with Crippen molar-refractivity contribution in [2.24, 2.45) is 0 Å². The molecule has 0 radical (unpaired) electrons. The van der Waals surface area contributed by atoms with Gasteiger partial charge in [-0.1, -0.05) is 6.92 Å². The van der Waals surface area contributed by atoms with Gasteiger partial charge in [0.1, 0.15) is 5.76 Å². The second-order valence-corrected chi connectivity index (χ2v) is 5.70. The van der Waals surface area contributed by atoms with Crippen molar-refractivity contribution in [1.82, 2.24) is 10.2 Å². The zero-order valence-corrected chi connectivity index (χ0v) is 11.7. The van der Waals surface area contributed by atoms with Gasteiger partial charge in [0.05, 0.1) is 25.0 Å². The summed E-state index contributed by atoms with van der Waals surface area (Å²) in [6.07, 6.45) is 6.37. The highest BCUT2D eigenvalue weighted by Gasteiger charge is 2.33. The molecule has 0 amide bonds. The van der Waals surface area contributed by atoms with Crippen molar-refractivity contribution in [3.8, 4) is 0 Å². The monoisotopic (exact) mass is 264 g/mol. The van der Waals surface area contributed by atoms with E-state index in [2.05, 4.69) is 23.2 Å². The van der Waals surface area contributed by atoms with Crippen molar-refractivity contribution in [3.05, 3.63) is 23.7 Å². The van der Waals surface area contributed by atoms with Gasteiger partial charge in [-0.15, -0.1) is 0 Å². The van der Waals surface area contributed by atoms with Crippen LogP contribution in [-0.4, -0.2) is 36.7 Å². The van der Waals surface area contributed by atoms with Gasteiger partial charge in [-0.05, 0) is 31.9 Å². The van der Waals surface area contributed by atoms with Gasteiger partial charge >= 0.3 is 0 Å². The maximum Gasteiger partial charge on any atom is 0.122 e. The molecule has 4 nitrogen and oxygen atoms in total. The Hall–Kier alpha value is -0.840. The number of hydrogen-bond donors (Lipinski definition) is 1. The van der Waals surface area contributed by atoms with Gasteiger partial charge in [-0.2, -0.15) is 0 Å². The molecule has 4 heteroatoms. The number of rotatable bonds is 6. The summed E-state index contributed by atoms with van der Waals surface area (Å²) in [7, 11) is 0. The van der Waals surface area contributed by atoms with E-state index in [4.69, 9.17) is 9.15 Å². The number of ether oxygens (including phenoxy) is 1. The number of likely N-dealkylation sites (tertiary alicyclic amines) is 1. The van der Waals surface area contributed by atoms with E-state index >= 15 is 0 Å². The highest BCUT2D eigenvalue weighted by Crippen LogP contribution is 2.27. The van der Waals surface area contributed by atoms with E-state index in [1.165, 1.54) is 18.4 Å². The van der Waals surface area contributed by atoms with E-state index in [1.807, 2.05) is 6.26 Å². The summed E-state index contributed by atoms with van der Waals surface area (Å²) >= 11 is 0. The molecule has 2 atom stereocenters. The summed E-state index contributed by atoms with van der Waals surface area (Å²) in [6.45, 7) is 7.21. The first-order valence-electron chi connectivity index (χ1n) is 7.49. The Labute approximate surface area is 115 Å². The first kappa shape index (κ1) is 13.2. The van der Waals surface area contributed by atoms with Crippen LogP contribution < -0.4 is 5.32 Å². The minimum Gasteiger partial charge on any atom is -0.468 e. The molecule has 3 rings (SSSR count). The fourth-order valence-corrected chi connectivity index (χ4v) is 3.11. The summed E-state index contributed by atoms with van der Waals surface area (Å²) in [5.41, 5.74) is 1.32. The Morgan fingerprint density at radius 1 is 1.32 bits per heavy atom. The first-order valence-corrected chi connectivity index (χ1v) is 7.49. The molecule has 1 aromatic rings. The van der Waals surface area contributed by atoms with E-state index < -0.39 is 0 Å². The third kappa shape index (κ3) is 3.19. The molecule has 106 valence electrons. The van der Waals surface area contributed by atoms with Gasteiger partial charge in [0.2, 0.25) is 0 Å². The largest absolute Gasteiger partial charge is 0.468 e. The molecule has 3 heterocycles. The molecular formula is C15H24N2O2. The highest BCUT2D eigenvalue weighted by molar-refractivity contribution is 5.17. The molecule has 2 unspecified atom stereocenters. The van der Waals surface area contributed by atoms with Crippen molar-refractivity contribution in [1.29, 1.82) is 0 Å². The maximum atomic E-state index is 5.88. The van der Waals surface area contributed by atoms with Crippen LogP contribution in [0.3, 0.4) is 0 Å². The van der Waals surface area contributed by atoms with Gasteiger partial charge < -0.3 is 14.5 Å². The number of nitrogens with zero attached hydrogens (tertiary/aromatic N) is 1. The zero-order chi connectivity index (χ0) is 13.1. The maximum absolute atomic E-state index is 5.88. The Bertz CT molecular complexity index is 393. The number of nitrogens with one attached hydrogen (secondary N) is 1. The third-order valence-corrected chi connectivity index (χ3v) is 4.06. The molecule has 2 aliphatic rings. The van der Waals surface area contributed by atoms with Crippen LogP contribution in [0.4, 0.5) is 0 Å². The molecule has 1 aromatic heterocycles. The Morgan fingerprint density at radius 2 is 2.11 bits per heavy atom. The fourth-order valence-electron chi connectivity index (χ4n) is 3.11. The summed E-state index contributed by atoms with van der Waals surface area (Å²) < 4.78 is 11.5. The van der Waals surface area contributed by atoms with Crippen LogP contribution in [0.15, 0.2) is 16.7 Å². The van der Waals surface area contributed by atoms with Crippen LogP contribution in [0, 0.1) is 0 Å². The minimum atomic E-state index is 0.465. The molecule has 0 aliphatic carbocycles. The summed E-state index contributed by atoms with van der Waals surface area (Å²) in [5, 5.41) is 3.41. The number of furan rings is 1. The SMILES string of the molecule is CCCNCc1occc1CN1CC2CCC(C1)O2. The van der Waals surface area contributed by atoms with Crippen molar-refractivity contribution < 1.29 is 9.15 Å². The lowest BCUT2D eigenvalue weighted by Crippen LogP contribution is -2.42. The quantitative estimate of drug-likeness (QED) is 0.799. The minimum absolute atomic E-state index is 0.465. The van der Waals surface area contributed by atoms with Gasteiger partial charge in [0.25, 0.3) is 0 Å². The van der Waals surface area contributed by atoms with Crippen molar-refractivity contribution in [2.45, 2.75) is 51.5 Å². The summed E-state index contributed by atoms with van der Waals surface area (Å²) in [6, 6.07) is 2.11. The molecule has 0 spiro atoms. The number of fused-ring (bicyclic) bond motifs is 2. The van der Waals surface area contributed by atoms with E-state index in [0.717, 1.165) is 44.9 Å². The van der Waals surface area contributed by atoms with Crippen LogP contribution in [-0.2, 0) is 17.8 Å². The smallest absolute Gasteiger partial charge is 0.122 e. The predicted octanol–water partition coefficient (Wildman–Crippen LogP) is 2.14. The van der Waals surface area contributed by atoms with Crippen LogP contribution in [0.5, 0.6) is 0 Å². The standard InChI is InChI=1S/C15H24N2O2/c1-2-6-16-8-15-12(5-7-18-15)9-17-10-13-3-4-14(11-17)19-13/h5,7,13-14,16H,2-4,6,8-11H2,1H3. The Balaban J connectivity index is 1.56. The molecule has 0 aromatic carbocycles. The van der Waals surface area contributed by atoms with E-state index in [0.29, 0.717) is 12.2 Å². The molecule has 0 saturated carbocycles. The zero-order valence-electron chi connectivity index (χ0n) is 11.7. The average Bonchev–Trinajstić information content (AvgIpc) is 2.97. The molecule has 1 N–H and O–H groups in total. The van der Waals surface area contributed by atoms with Crippen molar-refractivity contribution in [3.63, 3.8) is 0 Å². The summed E-state index contributed by atoms with van der Waals surface area (Å²) in [4.78, 5) is 2.51. The molecule has 19 heavy (non-hydrogen) atoms. The second-order valence-electron chi connectivity index (χ2n) is 5.70. The van der Waals surface area contributed by atoms with Gasteiger partial charge in [-0.25, -0.2) is 0 Å².